The molecule has 0 aliphatic rings. The highest BCUT2D eigenvalue weighted by Gasteiger charge is 2.36. The van der Waals surface area contributed by atoms with Gasteiger partial charge in [0.25, 0.3) is 0 Å². The van der Waals surface area contributed by atoms with Gasteiger partial charge in [0.2, 0.25) is 0 Å². The van der Waals surface area contributed by atoms with E-state index in [0.29, 0.717) is 11.1 Å². The van der Waals surface area contributed by atoms with Crippen LogP contribution in [0.2, 0.25) is 0 Å². The molecule has 0 aromatic heterocycles. The number of benzene rings is 1. The van der Waals surface area contributed by atoms with E-state index in [1.807, 2.05) is 20.8 Å². The lowest BCUT2D eigenvalue weighted by molar-refractivity contribution is -0.137. The van der Waals surface area contributed by atoms with Crippen molar-refractivity contribution in [3.63, 3.8) is 0 Å². The Morgan fingerprint density at radius 3 is 2.18 bits per heavy atom. The predicted molar refractivity (Wildman–Crippen MR) is 84.8 cm³/mol. The van der Waals surface area contributed by atoms with Gasteiger partial charge in [-0.2, -0.15) is 13.2 Å². The van der Waals surface area contributed by atoms with Crippen LogP contribution in [0.1, 0.15) is 43.5 Å². The number of aryl methyl sites for hydroxylation is 1. The van der Waals surface area contributed by atoms with E-state index in [-0.39, 0.29) is 0 Å². The van der Waals surface area contributed by atoms with Crippen molar-refractivity contribution in [3.8, 4) is 0 Å². The van der Waals surface area contributed by atoms with Gasteiger partial charge in [-0.15, -0.1) is 10.9 Å². The van der Waals surface area contributed by atoms with E-state index < -0.39 is 33.9 Å². The molecule has 0 saturated carbocycles. The van der Waals surface area contributed by atoms with Gasteiger partial charge in [0.1, 0.15) is 4.75 Å². The van der Waals surface area contributed by atoms with Crippen molar-refractivity contribution < 1.29 is 17.7 Å². The van der Waals surface area contributed by atoms with Crippen LogP contribution >= 0.6 is 0 Å². The summed E-state index contributed by atoms with van der Waals surface area (Å²) in [6.07, 6.45) is -2.90. The summed E-state index contributed by atoms with van der Waals surface area (Å²) in [7, 11) is 1.63. The summed E-state index contributed by atoms with van der Waals surface area (Å²) in [6.45, 7) is 10.7. The smallest absolute Gasteiger partial charge is 0.416 e. The van der Waals surface area contributed by atoms with E-state index in [9.17, 15) is 17.7 Å². The predicted octanol–water partition coefficient (Wildman–Crippen LogP) is 4.63. The Balaban J connectivity index is 3.26. The maximum atomic E-state index is 13.0. The number of halogens is 3. The van der Waals surface area contributed by atoms with Crippen LogP contribution in [0.15, 0.2) is 30.9 Å². The lowest BCUT2D eigenvalue weighted by Crippen LogP contribution is -2.42. The SMILES string of the molecule is C=C[C@H](c1cc(C)cc(C(F)(F)F)c1)N(C)[S@@+]([O-])C(C)(C)C. The average molecular weight is 333 g/mol. The van der Waals surface area contributed by atoms with Crippen molar-refractivity contribution in [2.24, 2.45) is 0 Å². The Bertz CT molecular complexity index is 537. The number of likely N-dealkylation sites (N-methyl/N-ethyl adjacent to an activating group) is 1. The van der Waals surface area contributed by atoms with Gasteiger partial charge in [-0.25, -0.2) is 0 Å². The molecule has 0 amide bonds. The van der Waals surface area contributed by atoms with Crippen molar-refractivity contribution in [3.05, 3.63) is 47.5 Å². The molecule has 0 fully saturated rings. The van der Waals surface area contributed by atoms with Crippen molar-refractivity contribution in [2.45, 2.75) is 44.7 Å². The third-order valence-corrected chi connectivity index (χ3v) is 4.97. The highest BCUT2D eigenvalue weighted by atomic mass is 32.2. The molecule has 1 aromatic rings. The van der Waals surface area contributed by atoms with Crippen LogP contribution < -0.4 is 0 Å². The summed E-state index contributed by atoms with van der Waals surface area (Å²) < 4.78 is 52.4. The van der Waals surface area contributed by atoms with E-state index >= 15 is 0 Å². The molecule has 0 heterocycles. The molecule has 2 atom stereocenters. The molecule has 0 N–H and O–H groups in total. The molecule has 0 unspecified atom stereocenters. The summed E-state index contributed by atoms with van der Waals surface area (Å²) in [6, 6.07) is 3.30. The fourth-order valence-electron chi connectivity index (χ4n) is 2.18. The van der Waals surface area contributed by atoms with Gasteiger partial charge in [-0.05, 0) is 45.4 Å². The van der Waals surface area contributed by atoms with Gasteiger partial charge in [0.05, 0.1) is 11.6 Å². The molecule has 22 heavy (non-hydrogen) atoms. The average Bonchev–Trinajstić information content (AvgIpc) is 2.35. The number of nitrogens with zero attached hydrogens (tertiary/aromatic N) is 1. The van der Waals surface area contributed by atoms with E-state index in [2.05, 4.69) is 6.58 Å². The molecule has 0 spiro atoms. The number of hydrogen-bond donors (Lipinski definition) is 0. The van der Waals surface area contributed by atoms with Crippen molar-refractivity contribution in [1.29, 1.82) is 0 Å². The molecule has 6 heteroatoms. The van der Waals surface area contributed by atoms with Gasteiger partial charge >= 0.3 is 6.18 Å². The zero-order valence-electron chi connectivity index (χ0n) is 13.5. The van der Waals surface area contributed by atoms with Gasteiger partial charge in [0.15, 0.2) is 0 Å². The first kappa shape index (κ1) is 19.1. The lowest BCUT2D eigenvalue weighted by atomic mass is 10.0. The zero-order valence-corrected chi connectivity index (χ0v) is 14.3. The van der Waals surface area contributed by atoms with Crippen molar-refractivity contribution in [1.82, 2.24) is 4.31 Å². The normalized spacial score (nSPS) is 15.7. The number of hydrogen-bond acceptors (Lipinski definition) is 2. The van der Waals surface area contributed by atoms with E-state index in [1.165, 1.54) is 6.08 Å². The second-order valence-corrected chi connectivity index (χ2v) is 8.52. The maximum absolute atomic E-state index is 13.0. The third-order valence-electron chi connectivity index (χ3n) is 3.17. The van der Waals surface area contributed by atoms with Gasteiger partial charge < -0.3 is 4.55 Å². The fourth-order valence-corrected chi connectivity index (χ4v) is 3.45. The third kappa shape index (κ3) is 4.51. The molecule has 0 saturated heterocycles. The fraction of sp³-hybridized carbons (Fsp3) is 0.500. The minimum atomic E-state index is -4.41. The Hall–Kier alpha value is -0.980. The quantitative estimate of drug-likeness (QED) is 0.593. The Labute approximate surface area is 133 Å². The lowest BCUT2D eigenvalue weighted by Gasteiger charge is -2.34. The van der Waals surface area contributed by atoms with Crippen molar-refractivity contribution in [2.75, 3.05) is 7.05 Å². The molecule has 0 aliphatic heterocycles. The number of alkyl halides is 3. The maximum Gasteiger partial charge on any atom is 0.416 e. The molecule has 1 aromatic carbocycles. The van der Waals surface area contributed by atoms with Crippen LogP contribution in [0, 0.1) is 6.92 Å². The first-order chi connectivity index (χ1) is 9.87. The Morgan fingerprint density at radius 2 is 1.77 bits per heavy atom. The van der Waals surface area contributed by atoms with Gasteiger partial charge in [0, 0.05) is 18.4 Å². The van der Waals surface area contributed by atoms with Crippen LogP contribution in [-0.4, -0.2) is 20.7 Å². The summed E-state index contributed by atoms with van der Waals surface area (Å²) >= 11 is -1.37. The van der Waals surface area contributed by atoms with Crippen molar-refractivity contribution >= 4 is 11.4 Å². The highest BCUT2D eigenvalue weighted by Crippen LogP contribution is 2.35. The minimum absolute atomic E-state index is 0.433. The largest absolute Gasteiger partial charge is 0.597 e. The number of rotatable bonds is 4. The molecule has 1 rings (SSSR count). The highest BCUT2D eigenvalue weighted by molar-refractivity contribution is 7.90. The summed E-state index contributed by atoms with van der Waals surface area (Å²) in [5.41, 5.74) is 0.235. The Morgan fingerprint density at radius 1 is 1.23 bits per heavy atom. The standard InChI is InChI=1S/C16H22F3NOS/c1-7-14(20(6)22(21)15(3,4)5)12-8-11(2)9-13(10-12)16(17,18)19/h7-10,14H,1H2,2-6H3/t14-,22+/m1/s1. The van der Waals surface area contributed by atoms with E-state index in [4.69, 9.17) is 0 Å². The second kappa shape index (κ2) is 6.64. The minimum Gasteiger partial charge on any atom is -0.597 e. The second-order valence-electron chi connectivity index (χ2n) is 6.22. The first-order valence-corrected chi connectivity index (χ1v) is 7.94. The van der Waals surface area contributed by atoms with E-state index in [1.54, 1.807) is 24.3 Å². The van der Waals surface area contributed by atoms with Crippen LogP contribution in [0.25, 0.3) is 0 Å². The zero-order chi connectivity index (χ0) is 17.3. The van der Waals surface area contributed by atoms with Crippen LogP contribution in [0.5, 0.6) is 0 Å². The monoisotopic (exact) mass is 333 g/mol. The van der Waals surface area contributed by atoms with Gasteiger partial charge in [-0.1, -0.05) is 17.7 Å². The van der Waals surface area contributed by atoms with Crippen LogP contribution in [0.4, 0.5) is 13.2 Å². The summed E-state index contributed by atoms with van der Waals surface area (Å²) in [4.78, 5) is 0. The molecular weight excluding hydrogens is 311 g/mol. The molecule has 2 nitrogen and oxygen atoms in total. The van der Waals surface area contributed by atoms with Crippen LogP contribution in [0.3, 0.4) is 0 Å². The molecule has 0 radical (unpaired) electrons. The molecule has 0 aliphatic carbocycles. The summed E-state index contributed by atoms with van der Waals surface area (Å²) in [5.74, 6) is 0. The topological polar surface area (TPSA) is 26.3 Å². The molecule has 124 valence electrons. The summed E-state index contributed by atoms with van der Waals surface area (Å²) in [5, 5.41) is 0. The van der Waals surface area contributed by atoms with Crippen LogP contribution in [-0.2, 0) is 17.5 Å². The molecule has 0 bridgehead atoms. The first-order valence-electron chi connectivity index (χ1n) is 6.84. The van der Waals surface area contributed by atoms with E-state index in [0.717, 1.165) is 12.1 Å². The molecular formula is C16H22F3NOS. The van der Waals surface area contributed by atoms with Gasteiger partial charge in [-0.3, -0.25) is 0 Å². The Kier molecular flexibility index (Phi) is 5.76.